The zero-order valence-corrected chi connectivity index (χ0v) is 17.1. The van der Waals surface area contributed by atoms with Gasteiger partial charge >= 0.3 is 6.18 Å². The van der Waals surface area contributed by atoms with Gasteiger partial charge in [-0.3, -0.25) is 14.9 Å². The average molecular weight is 437 g/mol. The third-order valence-corrected chi connectivity index (χ3v) is 4.89. The van der Waals surface area contributed by atoms with Crippen LogP contribution in [0.3, 0.4) is 0 Å². The lowest BCUT2D eigenvalue weighted by Gasteiger charge is -2.16. The molecular weight excluding hydrogens is 419 g/mol. The second-order valence-electron chi connectivity index (χ2n) is 6.98. The molecule has 1 N–H and O–H groups in total. The zero-order chi connectivity index (χ0) is 22.1. The number of carbonyl (C=O) groups is 1. The molecule has 1 aromatic carbocycles. The molecule has 0 aliphatic rings. The van der Waals surface area contributed by atoms with E-state index < -0.39 is 28.8 Å². The van der Waals surface area contributed by atoms with Gasteiger partial charge in [0.2, 0.25) is 10.6 Å². The Bertz CT molecular complexity index is 1140. The Kier molecular flexibility index (Phi) is 6.01. The lowest BCUT2D eigenvalue weighted by Crippen LogP contribution is -2.27. The van der Waals surface area contributed by atoms with Gasteiger partial charge in [0.1, 0.15) is 5.01 Å². The molecule has 3 aromatic rings. The lowest BCUT2D eigenvalue weighted by molar-refractivity contribution is -0.137. The van der Waals surface area contributed by atoms with Gasteiger partial charge < -0.3 is 0 Å². The average Bonchev–Trinajstić information content (AvgIpc) is 3.07. The van der Waals surface area contributed by atoms with Crippen molar-refractivity contribution in [3.05, 3.63) is 62.5 Å². The minimum absolute atomic E-state index is 0.156. The second kappa shape index (κ2) is 8.34. The van der Waals surface area contributed by atoms with Crippen molar-refractivity contribution >= 4 is 22.4 Å². The minimum Gasteiger partial charge on any atom is -0.295 e. The standard InChI is InChI=1S/C19H18F3N5O2S/c1-10(2)8-15-24-25-18(30-15)23-17(29)16-14(28)9-11(3)27(26-16)13-7-5-4-6-12(13)19(20,21)22/h4-7,9-10H,8H2,1-3H3,(H,23,25,29). The number of aromatic nitrogens is 4. The number of carbonyl (C=O) groups excluding carboxylic acids is 1. The van der Waals surface area contributed by atoms with Gasteiger partial charge in [-0.25, -0.2) is 4.68 Å². The van der Waals surface area contributed by atoms with Crippen LogP contribution in [0.1, 0.15) is 40.6 Å². The fraction of sp³-hybridized carbons (Fsp3) is 0.316. The smallest absolute Gasteiger partial charge is 0.295 e. The maximum absolute atomic E-state index is 13.4. The molecule has 0 bridgehead atoms. The molecule has 7 nitrogen and oxygen atoms in total. The van der Waals surface area contributed by atoms with E-state index >= 15 is 0 Å². The van der Waals surface area contributed by atoms with Crippen molar-refractivity contribution in [2.45, 2.75) is 33.4 Å². The van der Waals surface area contributed by atoms with Crippen molar-refractivity contribution in [1.82, 2.24) is 20.0 Å². The van der Waals surface area contributed by atoms with Crippen molar-refractivity contribution < 1.29 is 18.0 Å². The van der Waals surface area contributed by atoms with Crippen LogP contribution < -0.4 is 10.7 Å². The summed E-state index contributed by atoms with van der Waals surface area (Å²) in [5.74, 6) is -0.522. The summed E-state index contributed by atoms with van der Waals surface area (Å²) < 4.78 is 41.1. The fourth-order valence-corrected chi connectivity index (χ4v) is 3.69. The number of aryl methyl sites for hydroxylation is 1. The van der Waals surface area contributed by atoms with Crippen LogP contribution in [0.25, 0.3) is 5.69 Å². The van der Waals surface area contributed by atoms with E-state index in [1.54, 1.807) is 0 Å². The molecule has 0 spiro atoms. The van der Waals surface area contributed by atoms with Crippen molar-refractivity contribution in [2.75, 3.05) is 5.32 Å². The predicted molar refractivity (Wildman–Crippen MR) is 106 cm³/mol. The monoisotopic (exact) mass is 437 g/mol. The van der Waals surface area contributed by atoms with E-state index in [1.165, 1.54) is 25.1 Å². The number of amides is 1. The molecule has 0 aliphatic carbocycles. The molecule has 158 valence electrons. The van der Waals surface area contributed by atoms with Crippen molar-refractivity contribution in [1.29, 1.82) is 0 Å². The minimum atomic E-state index is -4.63. The maximum Gasteiger partial charge on any atom is 0.418 e. The van der Waals surface area contributed by atoms with E-state index in [0.717, 1.165) is 28.2 Å². The molecule has 2 aromatic heterocycles. The number of alkyl halides is 3. The van der Waals surface area contributed by atoms with Crippen LogP contribution in [0.2, 0.25) is 0 Å². The van der Waals surface area contributed by atoms with Gasteiger partial charge in [-0.15, -0.1) is 10.2 Å². The molecule has 0 unspecified atom stereocenters. The van der Waals surface area contributed by atoms with Crippen LogP contribution in [-0.4, -0.2) is 25.9 Å². The number of halogens is 3. The highest BCUT2D eigenvalue weighted by atomic mass is 32.1. The normalized spacial score (nSPS) is 11.7. The third-order valence-electron chi connectivity index (χ3n) is 4.03. The predicted octanol–water partition coefficient (Wildman–Crippen LogP) is 3.86. The van der Waals surface area contributed by atoms with E-state index in [2.05, 4.69) is 20.6 Å². The van der Waals surface area contributed by atoms with Crippen molar-refractivity contribution in [2.24, 2.45) is 5.92 Å². The number of nitrogens with zero attached hydrogens (tertiary/aromatic N) is 4. The summed E-state index contributed by atoms with van der Waals surface area (Å²) >= 11 is 1.16. The van der Waals surface area contributed by atoms with Gasteiger partial charge in [-0.2, -0.15) is 18.3 Å². The Morgan fingerprint density at radius 1 is 1.23 bits per heavy atom. The van der Waals surface area contributed by atoms with E-state index in [9.17, 15) is 22.8 Å². The fourth-order valence-electron chi connectivity index (χ4n) is 2.74. The van der Waals surface area contributed by atoms with Gasteiger partial charge in [0, 0.05) is 18.2 Å². The van der Waals surface area contributed by atoms with Crippen LogP contribution in [0, 0.1) is 12.8 Å². The summed E-state index contributed by atoms with van der Waals surface area (Å²) in [5, 5.41) is 15.1. The van der Waals surface area contributed by atoms with Crippen LogP contribution >= 0.6 is 11.3 Å². The molecule has 0 radical (unpaired) electrons. The molecule has 3 rings (SSSR count). The summed E-state index contributed by atoms with van der Waals surface area (Å²) in [4.78, 5) is 24.9. The maximum atomic E-state index is 13.4. The van der Waals surface area contributed by atoms with Gasteiger partial charge in [0.15, 0.2) is 5.69 Å². The number of benzene rings is 1. The Balaban J connectivity index is 1.97. The molecule has 0 atom stereocenters. The first-order valence-electron chi connectivity index (χ1n) is 8.97. The summed E-state index contributed by atoms with van der Waals surface area (Å²) in [7, 11) is 0. The first-order chi connectivity index (χ1) is 14.1. The van der Waals surface area contributed by atoms with Gasteiger partial charge in [0.25, 0.3) is 5.91 Å². The van der Waals surface area contributed by atoms with E-state index in [4.69, 9.17) is 0 Å². The summed E-state index contributed by atoms with van der Waals surface area (Å²) in [5.41, 5.74) is -2.32. The van der Waals surface area contributed by atoms with E-state index in [1.807, 2.05) is 13.8 Å². The topological polar surface area (TPSA) is 89.8 Å². The summed E-state index contributed by atoms with van der Waals surface area (Å²) in [6.07, 6.45) is -3.95. The van der Waals surface area contributed by atoms with Crippen molar-refractivity contribution in [3.8, 4) is 5.69 Å². The van der Waals surface area contributed by atoms with Crippen LogP contribution in [0.5, 0.6) is 0 Å². The van der Waals surface area contributed by atoms with E-state index in [-0.39, 0.29) is 16.5 Å². The number of hydrogen-bond donors (Lipinski definition) is 1. The molecular formula is C19H18F3N5O2S. The van der Waals surface area contributed by atoms with Crippen LogP contribution in [-0.2, 0) is 12.6 Å². The Labute approximate surface area is 173 Å². The quantitative estimate of drug-likeness (QED) is 0.655. The zero-order valence-electron chi connectivity index (χ0n) is 16.3. The molecule has 0 fully saturated rings. The molecule has 0 aliphatic heterocycles. The number of rotatable bonds is 5. The first-order valence-corrected chi connectivity index (χ1v) is 9.79. The Hall–Kier alpha value is -3.08. The number of nitrogens with one attached hydrogen (secondary N) is 1. The highest BCUT2D eigenvalue weighted by molar-refractivity contribution is 7.15. The van der Waals surface area contributed by atoms with Gasteiger partial charge in [-0.1, -0.05) is 37.3 Å². The summed E-state index contributed by atoms with van der Waals surface area (Å²) in [6, 6.07) is 5.87. The van der Waals surface area contributed by atoms with Gasteiger partial charge in [0.05, 0.1) is 11.3 Å². The van der Waals surface area contributed by atoms with Crippen LogP contribution in [0.15, 0.2) is 35.1 Å². The first kappa shape index (κ1) is 21.6. The largest absolute Gasteiger partial charge is 0.418 e. The highest BCUT2D eigenvalue weighted by Gasteiger charge is 2.34. The number of hydrogen-bond acceptors (Lipinski definition) is 6. The molecule has 0 saturated heterocycles. The number of para-hydroxylation sites is 1. The summed E-state index contributed by atoms with van der Waals surface area (Å²) in [6.45, 7) is 5.46. The number of anilines is 1. The molecule has 0 saturated carbocycles. The molecule has 30 heavy (non-hydrogen) atoms. The Morgan fingerprint density at radius 3 is 2.60 bits per heavy atom. The Morgan fingerprint density at radius 2 is 1.93 bits per heavy atom. The third kappa shape index (κ3) is 4.73. The van der Waals surface area contributed by atoms with E-state index in [0.29, 0.717) is 17.3 Å². The molecule has 2 heterocycles. The van der Waals surface area contributed by atoms with Gasteiger partial charge in [-0.05, 0) is 25.0 Å². The molecule has 1 amide bonds. The van der Waals surface area contributed by atoms with Crippen LogP contribution in [0.4, 0.5) is 18.3 Å². The molecule has 11 heteroatoms. The lowest BCUT2D eigenvalue weighted by atomic mass is 10.1. The highest BCUT2D eigenvalue weighted by Crippen LogP contribution is 2.33. The van der Waals surface area contributed by atoms with Crippen molar-refractivity contribution in [3.63, 3.8) is 0 Å². The SMILES string of the molecule is Cc1cc(=O)c(C(=O)Nc2nnc(CC(C)C)s2)nn1-c1ccccc1C(F)(F)F. The second-order valence-corrected chi connectivity index (χ2v) is 8.04.